The summed E-state index contributed by atoms with van der Waals surface area (Å²) >= 11 is 1.45. The Hall–Kier alpha value is -2.60. The van der Waals surface area contributed by atoms with E-state index < -0.39 is 0 Å². The Kier molecular flexibility index (Phi) is 4.40. The van der Waals surface area contributed by atoms with Crippen molar-refractivity contribution in [3.63, 3.8) is 0 Å². The molecule has 24 heavy (non-hydrogen) atoms. The summed E-state index contributed by atoms with van der Waals surface area (Å²) in [7, 11) is 3.14. The van der Waals surface area contributed by atoms with Gasteiger partial charge in [-0.15, -0.1) is 0 Å². The van der Waals surface area contributed by atoms with E-state index in [2.05, 4.69) is 16.4 Å². The second-order valence-electron chi connectivity index (χ2n) is 5.45. The average Bonchev–Trinajstić information content (AvgIpc) is 2.96. The molecule has 1 amide bonds. The third-order valence-corrected chi connectivity index (χ3v) is 4.71. The number of rotatable bonds is 4. The van der Waals surface area contributed by atoms with Crippen molar-refractivity contribution in [2.24, 2.45) is 0 Å². The molecule has 0 fully saturated rings. The van der Waals surface area contributed by atoms with E-state index in [0.717, 1.165) is 21.3 Å². The van der Waals surface area contributed by atoms with E-state index in [-0.39, 0.29) is 5.91 Å². The predicted octanol–water partition coefficient (Wildman–Crippen LogP) is 4.18. The number of benzene rings is 2. The zero-order valence-electron chi connectivity index (χ0n) is 14.0. The molecule has 0 unspecified atom stereocenters. The van der Waals surface area contributed by atoms with E-state index in [1.165, 1.54) is 11.3 Å². The van der Waals surface area contributed by atoms with Gasteiger partial charge >= 0.3 is 0 Å². The van der Waals surface area contributed by atoms with Crippen LogP contribution in [0.25, 0.3) is 10.2 Å². The highest BCUT2D eigenvalue weighted by Gasteiger charge is 2.15. The molecular formula is C18H18N2O3S. The van der Waals surface area contributed by atoms with E-state index >= 15 is 0 Å². The second-order valence-corrected chi connectivity index (χ2v) is 6.48. The lowest BCUT2D eigenvalue weighted by molar-refractivity contribution is 0.102. The third kappa shape index (κ3) is 3.05. The van der Waals surface area contributed by atoms with Crippen LogP contribution in [0, 0.1) is 13.8 Å². The Labute approximate surface area is 144 Å². The highest BCUT2D eigenvalue weighted by Crippen LogP contribution is 2.31. The Morgan fingerprint density at radius 3 is 2.38 bits per heavy atom. The fourth-order valence-electron chi connectivity index (χ4n) is 2.47. The molecule has 2 aromatic carbocycles. The fraction of sp³-hybridized carbons (Fsp3) is 0.222. The van der Waals surface area contributed by atoms with E-state index in [0.29, 0.717) is 22.2 Å². The monoisotopic (exact) mass is 342 g/mol. The van der Waals surface area contributed by atoms with Gasteiger partial charge in [0.25, 0.3) is 5.91 Å². The first kappa shape index (κ1) is 16.3. The number of nitrogens with zero attached hydrogens (tertiary/aromatic N) is 1. The summed E-state index contributed by atoms with van der Waals surface area (Å²) in [5.41, 5.74) is 3.36. The van der Waals surface area contributed by atoms with Crippen LogP contribution in [0.5, 0.6) is 11.5 Å². The molecule has 6 heteroatoms. The number of hydrogen-bond donors (Lipinski definition) is 1. The summed E-state index contributed by atoms with van der Waals surface area (Å²) < 4.78 is 11.7. The first-order chi connectivity index (χ1) is 11.5. The van der Waals surface area contributed by atoms with Crippen LogP contribution in [-0.2, 0) is 0 Å². The van der Waals surface area contributed by atoms with Crippen LogP contribution in [0.1, 0.15) is 21.5 Å². The van der Waals surface area contributed by atoms with Gasteiger partial charge in [0.2, 0.25) is 0 Å². The SMILES string of the molecule is COc1cc(C(=O)Nc2nc3ccc(C)cc3s2)cc(OC)c1C. The van der Waals surface area contributed by atoms with Gasteiger partial charge in [0.1, 0.15) is 11.5 Å². The molecule has 3 aromatic rings. The number of hydrogen-bond acceptors (Lipinski definition) is 5. The molecule has 0 aliphatic rings. The van der Waals surface area contributed by atoms with Crippen LogP contribution in [-0.4, -0.2) is 25.1 Å². The van der Waals surface area contributed by atoms with Crippen LogP contribution in [0.3, 0.4) is 0 Å². The summed E-state index contributed by atoms with van der Waals surface area (Å²) in [4.78, 5) is 17.0. The summed E-state index contributed by atoms with van der Waals surface area (Å²) in [6, 6.07) is 9.41. The van der Waals surface area contributed by atoms with Gasteiger partial charge < -0.3 is 9.47 Å². The van der Waals surface area contributed by atoms with E-state index in [9.17, 15) is 4.79 Å². The number of fused-ring (bicyclic) bond motifs is 1. The van der Waals surface area contributed by atoms with Crippen LogP contribution < -0.4 is 14.8 Å². The molecule has 0 atom stereocenters. The molecule has 3 rings (SSSR count). The zero-order valence-corrected chi connectivity index (χ0v) is 14.8. The van der Waals surface area contributed by atoms with Gasteiger partial charge in [-0.05, 0) is 43.7 Å². The summed E-state index contributed by atoms with van der Waals surface area (Å²) in [6.45, 7) is 3.91. The normalized spacial score (nSPS) is 10.7. The van der Waals surface area contributed by atoms with Crippen molar-refractivity contribution in [1.29, 1.82) is 0 Å². The molecule has 0 radical (unpaired) electrons. The molecule has 5 nitrogen and oxygen atoms in total. The largest absolute Gasteiger partial charge is 0.496 e. The van der Waals surface area contributed by atoms with Crippen molar-refractivity contribution < 1.29 is 14.3 Å². The molecule has 1 heterocycles. The van der Waals surface area contributed by atoms with Gasteiger partial charge in [-0.25, -0.2) is 4.98 Å². The molecule has 0 saturated carbocycles. The van der Waals surface area contributed by atoms with Crippen molar-refractivity contribution in [2.45, 2.75) is 13.8 Å². The molecule has 0 aliphatic heterocycles. The number of ether oxygens (including phenoxy) is 2. The Morgan fingerprint density at radius 2 is 1.75 bits per heavy atom. The highest BCUT2D eigenvalue weighted by atomic mass is 32.1. The minimum atomic E-state index is -0.248. The van der Waals surface area contributed by atoms with Crippen molar-refractivity contribution in [1.82, 2.24) is 4.98 Å². The summed E-state index contributed by atoms with van der Waals surface area (Å²) in [6.07, 6.45) is 0. The van der Waals surface area contributed by atoms with Gasteiger partial charge in [0, 0.05) is 11.1 Å². The number of aromatic nitrogens is 1. The van der Waals surface area contributed by atoms with Crippen molar-refractivity contribution >= 4 is 32.6 Å². The molecule has 0 aliphatic carbocycles. The van der Waals surface area contributed by atoms with Crippen molar-refractivity contribution in [2.75, 3.05) is 19.5 Å². The third-order valence-electron chi connectivity index (χ3n) is 3.78. The van der Waals surface area contributed by atoms with E-state index in [1.807, 2.05) is 26.0 Å². The van der Waals surface area contributed by atoms with Crippen molar-refractivity contribution in [3.8, 4) is 11.5 Å². The predicted molar refractivity (Wildman–Crippen MR) is 96.6 cm³/mol. The maximum Gasteiger partial charge on any atom is 0.257 e. The number of carbonyl (C=O) groups excluding carboxylic acids is 1. The highest BCUT2D eigenvalue weighted by molar-refractivity contribution is 7.22. The van der Waals surface area contributed by atoms with E-state index in [4.69, 9.17) is 9.47 Å². The van der Waals surface area contributed by atoms with Gasteiger partial charge in [0.05, 0.1) is 24.4 Å². The van der Waals surface area contributed by atoms with Crippen LogP contribution >= 0.6 is 11.3 Å². The topological polar surface area (TPSA) is 60.5 Å². The van der Waals surface area contributed by atoms with Crippen LogP contribution in [0.2, 0.25) is 0 Å². The lowest BCUT2D eigenvalue weighted by Crippen LogP contribution is -2.12. The standard InChI is InChI=1S/C18H18N2O3S/c1-10-5-6-13-16(7-10)24-18(19-13)20-17(21)12-8-14(22-3)11(2)15(9-12)23-4/h5-9H,1-4H3,(H,19,20,21). The molecule has 1 N–H and O–H groups in total. The number of nitrogens with one attached hydrogen (secondary N) is 1. The minimum Gasteiger partial charge on any atom is -0.496 e. The Morgan fingerprint density at radius 1 is 1.08 bits per heavy atom. The first-order valence-electron chi connectivity index (χ1n) is 7.43. The molecule has 1 aromatic heterocycles. The number of carbonyl (C=O) groups is 1. The Balaban J connectivity index is 1.91. The molecular weight excluding hydrogens is 324 g/mol. The molecule has 0 bridgehead atoms. The maximum atomic E-state index is 12.5. The number of anilines is 1. The van der Waals surface area contributed by atoms with Crippen molar-refractivity contribution in [3.05, 3.63) is 47.0 Å². The lowest BCUT2D eigenvalue weighted by Gasteiger charge is -2.12. The molecule has 124 valence electrons. The quantitative estimate of drug-likeness (QED) is 0.772. The minimum absolute atomic E-state index is 0.248. The molecule has 0 spiro atoms. The second kappa shape index (κ2) is 6.49. The number of thiazole rings is 1. The van der Waals surface area contributed by atoms with Gasteiger partial charge in [0.15, 0.2) is 5.13 Å². The first-order valence-corrected chi connectivity index (χ1v) is 8.24. The number of aryl methyl sites for hydroxylation is 1. The Bertz CT molecular complexity index is 893. The zero-order chi connectivity index (χ0) is 17.3. The maximum absolute atomic E-state index is 12.5. The van der Waals surface area contributed by atoms with Gasteiger partial charge in [-0.1, -0.05) is 17.4 Å². The van der Waals surface area contributed by atoms with Crippen LogP contribution in [0.15, 0.2) is 30.3 Å². The van der Waals surface area contributed by atoms with Crippen LogP contribution in [0.4, 0.5) is 5.13 Å². The van der Waals surface area contributed by atoms with E-state index in [1.54, 1.807) is 26.4 Å². The van der Waals surface area contributed by atoms with Gasteiger partial charge in [-0.2, -0.15) is 0 Å². The summed E-state index contributed by atoms with van der Waals surface area (Å²) in [5, 5.41) is 3.42. The molecule has 0 saturated heterocycles. The number of methoxy groups -OCH3 is 2. The van der Waals surface area contributed by atoms with Gasteiger partial charge in [-0.3, -0.25) is 10.1 Å². The smallest absolute Gasteiger partial charge is 0.257 e. The fourth-order valence-corrected chi connectivity index (χ4v) is 3.43. The lowest BCUT2D eigenvalue weighted by atomic mass is 10.1. The summed E-state index contributed by atoms with van der Waals surface area (Å²) in [5.74, 6) is 0.973. The average molecular weight is 342 g/mol. The number of amides is 1.